The van der Waals surface area contributed by atoms with Gasteiger partial charge in [0.1, 0.15) is 0 Å². The van der Waals surface area contributed by atoms with Gasteiger partial charge in [-0.25, -0.2) is 0 Å². The molecule has 1 aliphatic rings. The van der Waals surface area contributed by atoms with Crippen LogP contribution in [0.15, 0.2) is 12.4 Å². The van der Waals surface area contributed by atoms with Gasteiger partial charge in [0, 0.05) is 51.8 Å². The van der Waals surface area contributed by atoms with Crippen LogP contribution in [0, 0.1) is 3.80 Å². The van der Waals surface area contributed by atoms with E-state index in [1.54, 1.807) is 0 Å². The van der Waals surface area contributed by atoms with Crippen molar-refractivity contribution >= 4 is 45.7 Å². The van der Waals surface area contributed by atoms with Crippen LogP contribution in [0.1, 0.15) is 46.5 Å². The van der Waals surface area contributed by atoms with Crippen LogP contribution in [-0.2, 0) is 31.9 Å². The van der Waals surface area contributed by atoms with Crippen molar-refractivity contribution in [2.75, 3.05) is 0 Å². The Morgan fingerprint density at radius 3 is 1.95 bits per heavy atom. The molecule has 0 unspecified atom stereocenters. The zero-order chi connectivity index (χ0) is 14.6. The van der Waals surface area contributed by atoms with Crippen molar-refractivity contribution < 1.29 is 19.4 Å². The van der Waals surface area contributed by atoms with Crippen molar-refractivity contribution in [3.63, 3.8) is 0 Å². The SMILES string of the molecule is Cn1ccn(C(C)(C)C)[c]1=[Pt].IN(I)C1CCCC1. The molecule has 0 radical (unpaired) electrons. The van der Waals surface area contributed by atoms with Crippen LogP contribution in [-0.4, -0.2) is 16.5 Å². The summed E-state index contributed by atoms with van der Waals surface area (Å²) < 4.78 is 7.92. The van der Waals surface area contributed by atoms with Crippen molar-refractivity contribution in [2.24, 2.45) is 7.05 Å². The Balaban J connectivity index is 0.000000200. The van der Waals surface area contributed by atoms with Gasteiger partial charge in [0.25, 0.3) is 0 Å². The first-order valence-corrected chi connectivity index (χ1v) is 9.60. The number of hydrogen-bond donors (Lipinski definition) is 0. The van der Waals surface area contributed by atoms with Gasteiger partial charge in [-0.15, -0.1) is 0 Å². The van der Waals surface area contributed by atoms with Gasteiger partial charge in [-0.2, -0.15) is 1.33 Å². The minimum Gasteiger partial charge on any atom is -0.185 e. The van der Waals surface area contributed by atoms with Crippen LogP contribution in [0.5, 0.6) is 0 Å². The van der Waals surface area contributed by atoms with Gasteiger partial charge < -0.3 is 0 Å². The van der Waals surface area contributed by atoms with Gasteiger partial charge >= 0.3 is 78.0 Å². The molecule has 0 saturated heterocycles. The molecule has 1 aromatic rings. The van der Waals surface area contributed by atoms with Gasteiger partial charge in [-0.3, -0.25) is 0 Å². The second-order valence-electron chi connectivity index (χ2n) is 5.89. The van der Waals surface area contributed by atoms with Crippen molar-refractivity contribution in [3.05, 3.63) is 16.2 Å². The number of rotatable bonds is 1. The Labute approximate surface area is 155 Å². The maximum absolute atomic E-state index is 2.36. The molecule has 1 fully saturated rings. The third-order valence-corrected chi connectivity index (χ3v) is 6.14. The van der Waals surface area contributed by atoms with Crippen LogP contribution >= 0.6 is 45.7 Å². The molecule has 0 spiro atoms. The van der Waals surface area contributed by atoms with Crippen LogP contribution in [0.25, 0.3) is 0 Å². The Morgan fingerprint density at radius 2 is 1.74 bits per heavy atom. The van der Waals surface area contributed by atoms with Gasteiger partial charge in [0.05, 0.1) is 0 Å². The summed E-state index contributed by atoms with van der Waals surface area (Å²) in [5.74, 6) is 0. The molecule has 0 aromatic carbocycles. The fourth-order valence-corrected chi connectivity index (χ4v) is 4.24. The third-order valence-electron chi connectivity index (χ3n) is 3.22. The molecule has 114 valence electrons. The molecular formula is C13H23I2N3Pt. The molecular weight excluding hydrogens is 647 g/mol. The summed E-state index contributed by atoms with van der Waals surface area (Å²) in [5.41, 5.74) is 0.193. The maximum atomic E-state index is 2.36. The van der Waals surface area contributed by atoms with Crippen molar-refractivity contribution in [1.82, 2.24) is 10.5 Å². The van der Waals surface area contributed by atoms with Crippen molar-refractivity contribution in [3.8, 4) is 0 Å². The van der Waals surface area contributed by atoms with E-state index in [9.17, 15) is 0 Å². The fourth-order valence-electron chi connectivity index (χ4n) is 2.03. The summed E-state index contributed by atoms with van der Waals surface area (Å²) in [6.45, 7) is 6.61. The number of aryl methyl sites for hydroxylation is 1. The topological polar surface area (TPSA) is 13.1 Å². The van der Waals surface area contributed by atoms with E-state index in [4.69, 9.17) is 0 Å². The van der Waals surface area contributed by atoms with Crippen molar-refractivity contribution in [1.29, 1.82) is 0 Å². The Morgan fingerprint density at radius 1 is 1.21 bits per heavy atom. The Kier molecular flexibility index (Phi) is 7.81. The standard InChI is InChI=1S/C8H14N2.C5H9I2N.Pt/c1-8(2,3)10-6-5-9(4)7-10;6-8(7)5-3-1-2-4-5;/h5-6H,1-4H3;5H,1-4H2;. The van der Waals surface area contributed by atoms with Gasteiger partial charge in [0.2, 0.25) is 0 Å². The van der Waals surface area contributed by atoms with E-state index in [-0.39, 0.29) is 5.54 Å². The first kappa shape index (κ1) is 18.4. The fraction of sp³-hybridized carbons (Fsp3) is 0.769. The summed E-state index contributed by atoms with van der Waals surface area (Å²) >= 11 is 7.06. The summed E-state index contributed by atoms with van der Waals surface area (Å²) in [4.78, 5) is 0. The molecule has 3 nitrogen and oxygen atoms in total. The quantitative estimate of drug-likeness (QED) is 0.315. The van der Waals surface area contributed by atoms with Crippen LogP contribution in [0.3, 0.4) is 0 Å². The number of imidazole rings is 1. The molecule has 0 bridgehead atoms. The molecule has 0 atom stereocenters. The summed E-state index contributed by atoms with van der Waals surface area (Å²) in [5, 5.41) is 0. The third kappa shape index (κ3) is 5.91. The van der Waals surface area contributed by atoms with Gasteiger partial charge in [0.15, 0.2) is 0 Å². The predicted octanol–water partition coefficient (Wildman–Crippen LogP) is 4.59. The first-order valence-electron chi connectivity index (χ1n) is 6.54. The smallest absolute Gasteiger partial charge is 0.0311 e. The molecule has 1 aromatic heterocycles. The minimum atomic E-state index is 0.193. The van der Waals surface area contributed by atoms with E-state index in [0.717, 1.165) is 6.04 Å². The Bertz CT molecular complexity index is 439. The van der Waals surface area contributed by atoms with E-state index >= 15 is 0 Å². The molecule has 0 N–H and O–H groups in total. The minimum absolute atomic E-state index is 0.193. The first-order chi connectivity index (χ1) is 8.73. The van der Waals surface area contributed by atoms with E-state index < -0.39 is 0 Å². The van der Waals surface area contributed by atoms with Crippen LogP contribution in [0.2, 0.25) is 0 Å². The van der Waals surface area contributed by atoms with Gasteiger partial charge in [-0.05, 0) is 12.8 Å². The zero-order valence-electron chi connectivity index (χ0n) is 12.0. The zero-order valence-corrected chi connectivity index (χ0v) is 18.6. The van der Waals surface area contributed by atoms with Crippen LogP contribution < -0.4 is 0 Å². The summed E-state index contributed by atoms with van der Waals surface area (Å²) in [6.07, 6.45) is 9.88. The van der Waals surface area contributed by atoms with Gasteiger partial charge in [-0.1, -0.05) is 12.8 Å². The molecule has 0 aliphatic heterocycles. The number of halogens is 2. The molecule has 2 rings (SSSR count). The average molecular weight is 670 g/mol. The largest absolute Gasteiger partial charge is 0.185 e. The molecule has 1 saturated carbocycles. The molecule has 0 amide bonds. The van der Waals surface area contributed by atoms with Crippen molar-refractivity contribution in [2.45, 2.75) is 58.0 Å². The van der Waals surface area contributed by atoms with E-state index in [1.165, 1.54) is 29.5 Å². The molecule has 1 aliphatic carbocycles. The number of aromatic nitrogens is 2. The predicted molar refractivity (Wildman–Crippen MR) is 93.8 cm³/mol. The molecule has 6 heteroatoms. The number of nitrogens with zero attached hydrogens (tertiary/aromatic N) is 3. The number of hydrogen-bond acceptors (Lipinski definition) is 1. The average Bonchev–Trinajstić information content (AvgIpc) is 2.90. The second-order valence-corrected chi connectivity index (χ2v) is 10.8. The maximum Gasteiger partial charge on any atom is 0.0311 e. The van der Waals surface area contributed by atoms with Crippen LogP contribution in [0.4, 0.5) is 0 Å². The summed E-state index contributed by atoms with van der Waals surface area (Å²) in [6, 6.07) is 0.871. The summed E-state index contributed by atoms with van der Waals surface area (Å²) in [7, 11) is 2.06. The monoisotopic (exact) mass is 670 g/mol. The normalized spacial score (nSPS) is 16.7. The molecule has 1 heterocycles. The van der Waals surface area contributed by atoms with E-state index in [1.807, 2.05) is 0 Å². The van der Waals surface area contributed by atoms with E-state index in [0.29, 0.717) is 0 Å². The van der Waals surface area contributed by atoms with E-state index in [2.05, 4.69) is 116 Å². The Hall–Kier alpha value is 1.32. The second kappa shape index (κ2) is 8.08. The molecule has 19 heavy (non-hydrogen) atoms.